The molecule has 0 aromatic rings. The van der Waals surface area contributed by atoms with Gasteiger partial charge in [0.25, 0.3) is 0 Å². The Kier molecular flexibility index (Phi) is 12.6. The molecule has 0 heterocycles. The lowest BCUT2D eigenvalue weighted by molar-refractivity contribution is -0.0225. The molecule has 0 saturated carbocycles. The predicted molar refractivity (Wildman–Crippen MR) is 61.4 cm³/mol. The van der Waals surface area contributed by atoms with E-state index in [0.29, 0.717) is 33.0 Å². The number of nitrogens with one attached hydrogen (secondary N) is 1. The van der Waals surface area contributed by atoms with Gasteiger partial charge in [0.2, 0.25) is 0 Å². The molecule has 0 amide bonds. The van der Waals surface area contributed by atoms with Crippen LogP contribution in [0.1, 0.15) is 0 Å². The first-order chi connectivity index (χ1) is 7.81. The van der Waals surface area contributed by atoms with Gasteiger partial charge in [0.05, 0.1) is 33.0 Å². The summed E-state index contributed by atoms with van der Waals surface area (Å²) < 4.78 is 15.2. The standard InChI is InChI=1S/C10H24N2O4/c1-14-8-10(13)9-16-7-6-15-5-4-12-3-2-11/h10,12-13H,2-9,11H2,1H3. The van der Waals surface area contributed by atoms with Gasteiger partial charge >= 0.3 is 0 Å². The van der Waals surface area contributed by atoms with Crippen LogP contribution in [0, 0.1) is 0 Å². The van der Waals surface area contributed by atoms with Crippen LogP contribution in [-0.2, 0) is 14.2 Å². The molecule has 0 aliphatic heterocycles. The summed E-state index contributed by atoms with van der Waals surface area (Å²) in [4.78, 5) is 0. The lowest BCUT2D eigenvalue weighted by Gasteiger charge is -2.10. The lowest BCUT2D eigenvalue weighted by Crippen LogP contribution is -2.26. The summed E-state index contributed by atoms with van der Waals surface area (Å²) >= 11 is 0. The van der Waals surface area contributed by atoms with E-state index in [-0.39, 0.29) is 6.61 Å². The van der Waals surface area contributed by atoms with Crippen LogP contribution in [0.3, 0.4) is 0 Å². The van der Waals surface area contributed by atoms with E-state index < -0.39 is 6.10 Å². The Labute approximate surface area is 97.0 Å². The molecule has 0 aromatic heterocycles. The quantitative estimate of drug-likeness (QED) is 0.360. The van der Waals surface area contributed by atoms with Crippen LogP contribution in [-0.4, -0.2) is 71.0 Å². The fourth-order valence-corrected chi connectivity index (χ4v) is 1.05. The Morgan fingerprint density at radius 1 is 1.12 bits per heavy atom. The second kappa shape index (κ2) is 12.8. The maximum atomic E-state index is 9.24. The van der Waals surface area contributed by atoms with Crippen LogP contribution >= 0.6 is 0 Å². The first kappa shape index (κ1) is 15.8. The van der Waals surface area contributed by atoms with Gasteiger partial charge in [-0.25, -0.2) is 0 Å². The fraction of sp³-hybridized carbons (Fsp3) is 1.00. The lowest BCUT2D eigenvalue weighted by atomic mass is 10.4. The summed E-state index contributed by atoms with van der Waals surface area (Å²) in [6.07, 6.45) is -0.559. The molecule has 0 aromatic carbocycles. The van der Waals surface area contributed by atoms with Gasteiger partial charge in [-0.05, 0) is 0 Å². The van der Waals surface area contributed by atoms with E-state index in [2.05, 4.69) is 5.32 Å². The molecular weight excluding hydrogens is 212 g/mol. The molecule has 16 heavy (non-hydrogen) atoms. The van der Waals surface area contributed by atoms with Gasteiger partial charge in [0, 0.05) is 26.7 Å². The van der Waals surface area contributed by atoms with Crippen molar-refractivity contribution >= 4 is 0 Å². The summed E-state index contributed by atoms with van der Waals surface area (Å²) in [6, 6.07) is 0. The summed E-state index contributed by atoms with van der Waals surface area (Å²) in [5.41, 5.74) is 5.30. The highest BCUT2D eigenvalue weighted by Crippen LogP contribution is 1.86. The topological polar surface area (TPSA) is 86.0 Å². The first-order valence-electron chi connectivity index (χ1n) is 5.54. The molecule has 0 radical (unpaired) electrons. The van der Waals surface area contributed by atoms with Crippen molar-refractivity contribution in [3.8, 4) is 0 Å². The van der Waals surface area contributed by atoms with E-state index in [9.17, 15) is 5.11 Å². The third-order valence-corrected chi connectivity index (χ3v) is 1.79. The molecule has 6 heteroatoms. The predicted octanol–water partition coefficient (Wildman–Crippen LogP) is -1.42. The van der Waals surface area contributed by atoms with Crippen molar-refractivity contribution in [2.24, 2.45) is 5.73 Å². The van der Waals surface area contributed by atoms with Gasteiger partial charge in [-0.2, -0.15) is 0 Å². The minimum absolute atomic E-state index is 0.280. The number of aliphatic hydroxyl groups excluding tert-OH is 1. The molecule has 0 rings (SSSR count). The SMILES string of the molecule is COCC(O)COCCOCCNCCN. The Hall–Kier alpha value is -0.240. The Bertz CT molecular complexity index is 138. The van der Waals surface area contributed by atoms with Gasteiger partial charge in [-0.1, -0.05) is 0 Å². The molecule has 0 aliphatic carbocycles. The van der Waals surface area contributed by atoms with Gasteiger partial charge in [-0.3, -0.25) is 0 Å². The highest BCUT2D eigenvalue weighted by Gasteiger charge is 2.02. The van der Waals surface area contributed by atoms with Crippen LogP contribution in [0.2, 0.25) is 0 Å². The van der Waals surface area contributed by atoms with Gasteiger partial charge < -0.3 is 30.4 Å². The number of methoxy groups -OCH3 is 1. The van der Waals surface area contributed by atoms with Crippen molar-refractivity contribution in [1.82, 2.24) is 5.32 Å². The van der Waals surface area contributed by atoms with E-state index in [4.69, 9.17) is 19.9 Å². The summed E-state index contributed by atoms with van der Waals surface area (Å²) in [5.74, 6) is 0. The van der Waals surface area contributed by atoms with E-state index in [0.717, 1.165) is 13.1 Å². The monoisotopic (exact) mass is 236 g/mol. The molecular formula is C10H24N2O4. The zero-order valence-corrected chi connectivity index (χ0v) is 9.98. The summed E-state index contributed by atoms with van der Waals surface area (Å²) in [6.45, 7) is 4.48. The number of rotatable bonds is 12. The van der Waals surface area contributed by atoms with Crippen molar-refractivity contribution in [3.63, 3.8) is 0 Å². The fourth-order valence-electron chi connectivity index (χ4n) is 1.05. The highest BCUT2D eigenvalue weighted by atomic mass is 16.5. The van der Waals surface area contributed by atoms with Crippen molar-refractivity contribution < 1.29 is 19.3 Å². The van der Waals surface area contributed by atoms with E-state index in [1.54, 1.807) is 7.11 Å². The zero-order chi connectivity index (χ0) is 12.1. The van der Waals surface area contributed by atoms with E-state index in [1.807, 2.05) is 0 Å². The van der Waals surface area contributed by atoms with Gasteiger partial charge in [0.1, 0.15) is 6.10 Å². The number of ether oxygens (including phenoxy) is 3. The Morgan fingerprint density at radius 3 is 2.56 bits per heavy atom. The van der Waals surface area contributed by atoms with Crippen LogP contribution in [0.15, 0.2) is 0 Å². The highest BCUT2D eigenvalue weighted by molar-refractivity contribution is 4.50. The van der Waals surface area contributed by atoms with E-state index >= 15 is 0 Å². The van der Waals surface area contributed by atoms with Crippen LogP contribution in [0.5, 0.6) is 0 Å². The van der Waals surface area contributed by atoms with Crippen molar-refractivity contribution in [2.45, 2.75) is 6.10 Å². The number of aliphatic hydroxyl groups is 1. The second-order valence-electron chi connectivity index (χ2n) is 3.34. The van der Waals surface area contributed by atoms with E-state index in [1.165, 1.54) is 0 Å². The third-order valence-electron chi connectivity index (χ3n) is 1.79. The molecule has 1 atom stereocenters. The van der Waals surface area contributed by atoms with Crippen molar-refractivity contribution in [3.05, 3.63) is 0 Å². The second-order valence-corrected chi connectivity index (χ2v) is 3.34. The molecule has 0 saturated heterocycles. The molecule has 0 aliphatic rings. The van der Waals surface area contributed by atoms with Crippen LogP contribution < -0.4 is 11.1 Å². The average molecular weight is 236 g/mol. The summed E-state index contributed by atoms with van der Waals surface area (Å²) in [7, 11) is 1.54. The minimum atomic E-state index is -0.559. The molecule has 0 bridgehead atoms. The van der Waals surface area contributed by atoms with Gasteiger partial charge in [0.15, 0.2) is 0 Å². The molecule has 0 fully saturated rings. The minimum Gasteiger partial charge on any atom is -0.388 e. The summed E-state index contributed by atoms with van der Waals surface area (Å²) in [5, 5.41) is 12.3. The normalized spacial score (nSPS) is 12.9. The smallest absolute Gasteiger partial charge is 0.101 e. The Morgan fingerprint density at radius 2 is 1.88 bits per heavy atom. The largest absolute Gasteiger partial charge is 0.388 e. The molecule has 0 spiro atoms. The molecule has 6 nitrogen and oxygen atoms in total. The number of hydrogen-bond acceptors (Lipinski definition) is 6. The molecule has 1 unspecified atom stereocenters. The zero-order valence-electron chi connectivity index (χ0n) is 9.98. The van der Waals surface area contributed by atoms with Crippen LogP contribution in [0.4, 0.5) is 0 Å². The van der Waals surface area contributed by atoms with Gasteiger partial charge in [-0.15, -0.1) is 0 Å². The van der Waals surface area contributed by atoms with Crippen molar-refractivity contribution in [2.75, 3.05) is 59.8 Å². The molecule has 98 valence electrons. The number of hydrogen-bond donors (Lipinski definition) is 3. The Balaban J connectivity index is 2.98. The maximum absolute atomic E-state index is 9.24. The molecule has 4 N–H and O–H groups in total. The number of nitrogens with two attached hydrogens (primary N) is 1. The van der Waals surface area contributed by atoms with Crippen LogP contribution in [0.25, 0.3) is 0 Å². The average Bonchev–Trinajstić information content (AvgIpc) is 2.27. The first-order valence-corrected chi connectivity index (χ1v) is 5.54. The van der Waals surface area contributed by atoms with Crippen molar-refractivity contribution in [1.29, 1.82) is 0 Å². The third kappa shape index (κ3) is 11.8. The maximum Gasteiger partial charge on any atom is 0.101 e.